The van der Waals surface area contributed by atoms with E-state index in [2.05, 4.69) is 0 Å². The molecule has 3 rings (SSSR count). The van der Waals surface area contributed by atoms with E-state index in [9.17, 15) is 9.59 Å². The highest BCUT2D eigenvalue weighted by molar-refractivity contribution is 5.85. The molecule has 0 bridgehead atoms. The molecule has 2 aliphatic rings. The normalized spacial score (nSPS) is 27.9. The maximum absolute atomic E-state index is 12.7. The molecule has 2 heterocycles. The van der Waals surface area contributed by atoms with Crippen molar-refractivity contribution in [3.8, 4) is 5.75 Å². The van der Waals surface area contributed by atoms with Gasteiger partial charge in [0.15, 0.2) is 18.0 Å². The Morgan fingerprint density at radius 1 is 1.25 bits per heavy atom. The Kier molecular flexibility index (Phi) is 4.23. The van der Waals surface area contributed by atoms with Crippen LogP contribution in [0.3, 0.4) is 0 Å². The summed E-state index contributed by atoms with van der Waals surface area (Å²) in [6, 6.07) is 7.34. The molecule has 3 atom stereocenters. The van der Waals surface area contributed by atoms with E-state index in [-0.39, 0.29) is 5.91 Å². The van der Waals surface area contributed by atoms with Crippen molar-refractivity contribution in [1.29, 1.82) is 0 Å². The second-order valence-corrected chi connectivity index (χ2v) is 6.33. The Morgan fingerprint density at radius 2 is 1.92 bits per heavy atom. The van der Waals surface area contributed by atoms with Gasteiger partial charge in [0.2, 0.25) is 6.23 Å². The van der Waals surface area contributed by atoms with Crippen LogP contribution in [0.2, 0.25) is 0 Å². The molecule has 2 saturated heterocycles. The molecule has 7 nitrogen and oxygen atoms in total. The van der Waals surface area contributed by atoms with Gasteiger partial charge in [0.1, 0.15) is 5.75 Å². The number of likely N-dealkylation sites (tertiary alicyclic amines) is 1. The number of benzene rings is 1. The van der Waals surface area contributed by atoms with Crippen molar-refractivity contribution >= 4 is 11.9 Å². The first-order valence-corrected chi connectivity index (χ1v) is 7.77. The number of carbonyl (C=O) groups excluding carboxylic acids is 2. The molecule has 130 valence electrons. The fourth-order valence-electron chi connectivity index (χ4n) is 3.05. The van der Waals surface area contributed by atoms with Gasteiger partial charge in [-0.15, -0.1) is 0 Å². The first kappa shape index (κ1) is 16.7. The van der Waals surface area contributed by atoms with Crippen molar-refractivity contribution < 1.29 is 28.5 Å². The zero-order chi connectivity index (χ0) is 17.5. The van der Waals surface area contributed by atoms with Gasteiger partial charge >= 0.3 is 5.97 Å². The summed E-state index contributed by atoms with van der Waals surface area (Å²) in [5, 5.41) is 0. The molecule has 0 unspecified atom stereocenters. The van der Waals surface area contributed by atoms with E-state index in [1.54, 1.807) is 21.0 Å². The maximum Gasteiger partial charge on any atom is 0.304 e. The van der Waals surface area contributed by atoms with Crippen LogP contribution in [-0.4, -0.2) is 48.1 Å². The summed E-state index contributed by atoms with van der Waals surface area (Å²) in [6.45, 7) is 5.07. The van der Waals surface area contributed by atoms with Crippen LogP contribution >= 0.6 is 0 Å². The minimum absolute atomic E-state index is 0.243. The van der Waals surface area contributed by atoms with Crippen molar-refractivity contribution in [3.63, 3.8) is 0 Å². The van der Waals surface area contributed by atoms with Crippen LogP contribution in [0.15, 0.2) is 24.3 Å². The van der Waals surface area contributed by atoms with Gasteiger partial charge in [0.25, 0.3) is 5.91 Å². The van der Waals surface area contributed by atoms with E-state index in [1.807, 2.05) is 24.3 Å². The summed E-state index contributed by atoms with van der Waals surface area (Å²) in [6.07, 6.45) is -2.19. The molecule has 2 aliphatic heterocycles. The topological polar surface area (TPSA) is 74.3 Å². The van der Waals surface area contributed by atoms with Gasteiger partial charge in [0, 0.05) is 13.5 Å². The lowest BCUT2D eigenvalue weighted by atomic mass is 10.2. The van der Waals surface area contributed by atoms with Gasteiger partial charge in [0.05, 0.1) is 7.11 Å². The Bertz CT molecular complexity index is 641. The third-order valence-electron chi connectivity index (χ3n) is 4.04. The molecule has 0 aliphatic carbocycles. The zero-order valence-electron chi connectivity index (χ0n) is 14.1. The number of hydrogen-bond acceptors (Lipinski definition) is 6. The molecule has 1 aromatic carbocycles. The van der Waals surface area contributed by atoms with Gasteiger partial charge in [-0.25, -0.2) is 0 Å². The molecule has 0 saturated carbocycles. The summed E-state index contributed by atoms with van der Waals surface area (Å²) < 4.78 is 21.9. The lowest BCUT2D eigenvalue weighted by molar-refractivity contribution is -0.197. The molecular formula is C17H21NO6. The summed E-state index contributed by atoms with van der Waals surface area (Å²) >= 11 is 0. The van der Waals surface area contributed by atoms with Crippen molar-refractivity contribution in [2.45, 2.75) is 51.5 Å². The monoisotopic (exact) mass is 335 g/mol. The third kappa shape index (κ3) is 3.09. The Balaban J connectivity index is 1.82. The van der Waals surface area contributed by atoms with Crippen LogP contribution in [0.25, 0.3) is 0 Å². The molecule has 0 aromatic heterocycles. The van der Waals surface area contributed by atoms with Crippen molar-refractivity contribution in [3.05, 3.63) is 29.8 Å². The lowest BCUT2D eigenvalue weighted by Gasteiger charge is -2.29. The van der Waals surface area contributed by atoms with Gasteiger partial charge < -0.3 is 18.9 Å². The molecule has 0 spiro atoms. The SMILES string of the molecule is COc1ccc(CN2C(=O)[C@H]3OC(C)(C)O[C@H]3[C@@H]2OC(C)=O)cc1. The minimum atomic E-state index is -0.879. The summed E-state index contributed by atoms with van der Waals surface area (Å²) in [4.78, 5) is 25.6. The minimum Gasteiger partial charge on any atom is -0.497 e. The molecule has 0 N–H and O–H groups in total. The number of fused-ring (bicyclic) bond motifs is 1. The number of methoxy groups -OCH3 is 1. The number of carbonyl (C=O) groups is 2. The van der Waals surface area contributed by atoms with E-state index in [1.165, 1.54) is 11.8 Å². The van der Waals surface area contributed by atoms with Crippen molar-refractivity contribution in [1.82, 2.24) is 4.90 Å². The third-order valence-corrected chi connectivity index (χ3v) is 4.04. The molecule has 1 aromatic rings. The second kappa shape index (κ2) is 6.07. The van der Waals surface area contributed by atoms with E-state index < -0.39 is 30.2 Å². The fourth-order valence-corrected chi connectivity index (χ4v) is 3.05. The largest absolute Gasteiger partial charge is 0.497 e. The predicted molar refractivity (Wildman–Crippen MR) is 82.9 cm³/mol. The smallest absolute Gasteiger partial charge is 0.304 e. The second-order valence-electron chi connectivity index (χ2n) is 6.33. The van der Waals surface area contributed by atoms with Crippen LogP contribution in [0, 0.1) is 0 Å². The standard InChI is InChI=1S/C17H21NO6/c1-10(19)22-16-14-13(23-17(2,3)24-14)15(20)18(16)9-11-5-7-12(21-4)8-6-11/h5-8,13-14,16H,9H2,1-4H3/t13-,14+,16-/m0/s1. The van der Waals surface area contributed by atoms with Crippen LogP contribution in [0.5, 0.6) is 5.75 Å². The average Bonchev–Trinajstić information content (AvgIpc) is 2.95. The number of nitrogens with zero attached hydrogens (tertiary/aromatic N) is 1. The quantitative estimate of drug-likeness (QED) is 0.775. The van der Waals surface area contributed by atoms with Crippen LogP contribution in [-0.2, 0) is 30.3 Å². The predicted octanol–water partition coefficient (Wildman–Crippen LogP) is 1.45. The number of ether oxygens (including phenoxy) is 4. The zero-order valence-corrected chi connectivity index (χ0v) is 14.1. The first-order chi connectivity index (χ1) is 11.3. The average molecular weight is 335 g/mol. The summed E-state index contributed by atoms with van der Waals surface area (Å²) in [5.74, 6) is -0.863. The fraction of sp³-hybridized carbons (Fsp3) is 0.529. The number of hydrogen-bond donors (Lipinski definition) is 0. The molecule has 7 heteroatoms. The van der Waals surface area contributed by atoms with Gasteiger partial charge in [-0.3, -0.25) is 14.5 Å². The summed E-state index contributed by atoms with van der Waals surface area (Å²) in [7, 11) is 1.59. The number of esters is 1. The number of amides is 1. The number of rotatable bonds is 4. The molecular weight excluding hydrogens is 314 g/mol. The maximum atomic E-state index is 12.7. The highest BCUT2D eigenvalue weighted by Gasteiger charge is 2.59. The van der Waals surface area contributed by atoms with E-state index in [4.69, 9.17) is 18.9 Å². The summed E-state index contributed by atoms with van der Waals surface area (Å²) in [5.41, 5.74) is 0.889. The Labute approximate surface area is 140 Å². The lowest BCUT2D eigenvalue weighted by Crippen LogP contribution is -2.42. The Morgan fingerprint density at radius 3 is 2.50 bits per heavy atom. The van der Waals surface area contributed by atoms with Crippen molar-refractivity contribution in [2.24, 2.45) is 0 Å². The van der Waals surface area contributed by atoms with Gasteiger partial charge in [-0.2, -0.15) is 0 Å². The van der Waals surface area contributed by atoms with Gasteiger partial charge in [-0.05, 0) is 31.5 Å². The van der Waals surface area contributed by atoms with Crippen LogP contribution in [0.1, 0.15) is 26.3 Å². The molecule has 2 fully saturated rings. The molecule has 24 heavy (non-hydrogen) atoms. The van der Waals surface area contributed by atoms with Crippen molar-refractivity contribution in [2.75, 3.05) is 7.11 Å². The highest BCUT2D eigenvalue weighted by atomic mass is 16.8. The van der Waals surface area contributed by atoms with Crippen LogP contribution < -0.4 is 4.74 Å². The van der Waals surface area contributed by atoms with E-state index in [0.29, 0.717) is 6.54 Å². The van der Waals surface area contributed by atoms with E-state index >= 15 is 0 Å². The molecule has 0 radical (unpaired) electrons. The molecule has 1 amide bonds. The highest BCUT2D eigenvalue weighted by Crippen LogP contribution is 2.38. The first-order valence-electron chi connectivity index (χ1n) is 7.77. The van der Waals surface area contributed by atoms with Crippen LogP contribution in [0.4, 0.5) is 0 Å². The van der Waals surface area contributed by atoms with Gasteiger partial charge in [-0.1, -0.05) is 12.1 Å². The van der Waals surface area contributed by atoms with E-state index in [0.717, 1.165) is 11.3 Å². The Hall–Kier alpha value is -2.12.